The maximum absolute atomic E-state index is 11.4. The largest absolute Gasteiger partial charge is 0.350 e. The second-order valence-electron chi connectivity index (χ2n) is 8.29. The molecule has 1 unspecified atom stereocenters. The van der Waals surface area contributed by atoms with Crippen LogP contribution in [0.25, 0.3) is 10.9 Å². The number of benzene rings is 2. The van der Waals surface area contributed by atoms with E-state index in [1.807, 2.05) is 6.07 Å². The molecule has 29 heavy (non-hydrogen) atoms. The number of fused-ring (bicyclic) bond motifs is 1. The predicted molar refractivity (Wildman–Crippen MR) is 118 cm³/mol. The monoisotopic (exact) mass is 411 g/mol. The summed E-state index contributed by atoms with van der Waals surface area (Å²) >= 11 is 0. The van der Waals surface area contributed by atoms with Crippen molar-refractivity contribution < 1.29 is 8.42 Å². The summed E-state index contributed by atoms with van der Waals surface area (Å²) in [5.41, 5.74) is 4.92. The first-order chi connectivity index (χ1) is 13.9. The highest BCUT2D eigenvalue weighted by molar-refractivity contribution is 7.88. The number of hydrogen-bond donors (Lipinski definition) is 1. The lowest BCUT2D eigenvalue weighted by molar-refractivity contribution is 0.316. The highest BCUT2D eigenvalue weighted by Gasteiger charge is 2.24. The molecule has 4 rings (SSSR count). The van der Waals surface area contributed by atoms with E-state index >= 15 is 0 Å². The Hall–Kier alpha value is -2.15. The van der Waals surface area contributed by atoms with E-state index in [2.05, 4.69) is 69.9 Å². The van der Waals surface area contributed by atoms with E-state index in [9.17, 15) is 8.42 Å². The molecule has 1 fully saturated rings. The number of sulfonamides is 1. The van der Waals surface area contributed by atoms with Crippen LogP contribution in [0.3, 0.4) is 0 Å². The molecule has 1 aliphatic rings. The van der Waals surface area contributed by atoms with Crippen LogP contribution in [0, 0.1) is 5.92 Å². The summed E-state index contributed by atoms with van der Waals surface area (Å²) in [6.45, 7) is 3.63. The quantitative estimate of drug-likeness (QED) is 0.649. The molecule has 3 aromatic rings. The third-order valence-corrected chi connectivity index (χ3v) is 6.47. The summed E-state index contributed by atoms with van der Waals surface area (Å²) in [6, 6.07) is 16.9. The number of aryl methyl sites for hydroxylation is 1. The van der Waals surface area contributed by atoms with Crippen molar-refractivity contribution in [1.29, 1.82) is 0 Å². The molecule has 0 amide bonds. The van der Waals surface area contributed by atoms with E-state index in [0.29, 0.717) is 12.5 Å². The average molecular weight is 412 g/mol. The summed E-state index contributed by atoms with van der Waals surface area (Å²) in [5.74, 6) is 0.655. The second kappa shape index (κ2) is 8.30. The zero-order chi connectivity index (χ0) is 20.4. The van der Waals surface area contributed by atoms with Crippen molar-refractivity contribution in [1.82, 2.24) is 14.2 Å². The van der Waals surface area contributed by atoms with Gasteiger partial charge in [0.2, 0.25) is 10.0 Å². The molecule has 0 radical (unpaired) electrons. The van der Waals surface area contributed by atoms with Gasteiger partial charge in [0.05, 0.1) is 6.26 Å². The van der Waals surface area contributed by atoms with Crippen molar-refractivity contribution in [3.8, 4) is 0 Å². The van der Waals surface area contributed by atoms with Gasteiger partial charge in [-0.15, -0.1) is 0 Å². The highest BCUT2D eigenvalue weighted by Crippen LogP contribution is 2.28. The van der Waals surface area contributed by atoms with Crippen LogP contribution < -0.4 is 4.72 Å². The topological polar surface area (TPSA) is 54.3 Å². The highest BCUT2D eigenvalue weighted by atomic mass is 32.2. The molecule has 1 aromatic heterocycles. The smallest absolute Gasteiger partial charge is 0.209 e. The van der Waals surface area contributed by atoms with Crippen molar-refractivity contribution in [2.45, 2.75) is 25.9 Å². The van der Waals surface area contributed by atoms with E-state index < -0.39 is 10.0 Å². The van der Waals surface area contributed by atoms with Gasteiger partial charge in [0.1, 0.15) is 0 Å². The number of likely N-dealkylation sites (tertiary alicyclic amines) is 1. The fraction of sp³-hybridized carbons (Fsp3) is 0.391. The van der Waals surface area contributed by atoms with E-state index in [1.165, 1.54) is 34.7 Å². The lowest BCUT2D eigenvalue weighted by Gasteiger charge is -2.16. The Morgan fingerprint density at radius 1 is 1.10 bits per heavy atom. The molecule has 154 valence electrons. The first-order valence-electron chi connectivity index (χ1n) is 10.1. The molecule has 0 bridgehead atoms. The normalized spacial score (nSPS) is 17.9. The maximum Gasteiger partial charge on any atom is 0.209 e. The number of rotatable bonds is 7. The van der Waals surface area contributed by atoms with Crippen molar-refractivity contribution in [2.75, 3.05) is 19.3 Å². The molecular weight excluding hydrogens is 382 g/mol. The third kappa shape index (κ3) is 5.07. The summed E-state index contributed by atoms with van der Waals surface area (Å²) in [5, 5.41) is 1.24. The molecule has 1 atom stereocenters. The van der Waals surface area contributed by atoms with Crippen LogP contribution >= 0.6 is 0 Å². The minimum Gasteiger partial charge on any atom is -0.350 e. The summed E-state index contributed by atoms with van der Waals surface area (Å²) in [6.07, 6.45) is 5.71. The predicted octanol–water partition coefficient (Wildman–Crippen LogP) is 3.29. The van der Waals surface area contributed by atoms with Gasteiger partial charge in [0.25, 0.3) is 0 Å². The van der Waals surface area contributed by atoms with Crippen LogP contribution in [0.1, 0.15) is 23.1 Å². The first-order valence-corrected chi connectivity index (χ1v) is 12.0. The third-order valence-electron chi connectivity index (χ3n) is 5.80. The molecule has 6 heteroatoms. The SMILES string of the molecule is Cn1cc(CC2CCN(Cc3ccccc3)C2)c2cc(CNS(C)(=O)=O)ccc21. The van der Waals surface area contributed by atoms with Crippen LogP contribution in [0.15, 0.2) is 54.7 Å². The minimum atomic E-state index is -3.19. The standard InChI is InChI=1S/C23H29N3O2S/c1-25-17-21(22-13-19(8-9-23(22)25)14-24-29(2,27)28)12-20-10-11-26(16-20)15-18-6-4-3-5-7-18/h3-9,13,17,20,24H,10-12,14-16H2,1-2H3. The van der Waals surface area contributed by atoms with E-state index in [1.54, 1.807) is 0 Å². The fourth-order valence-electron chi connectivity index (χ4n) is 4.38. The van der Waals surface area contributed by atoms with Crippen LogP contribution in [0.4, 0.5) is 0 Å². The Labute approximate surface area is 173 Å². The van der Waals surface area contributed by atoms with Gasteiger partial charge in [-0.1, -0.05) is 36.4 Å². The van der Waals surface area contributed by atoms with Crippen LogP contribution in [0.2, 0.25) is 0 Å². The molecular formula is C23H29N3O2S. The van der Waals surface area contributed by atoms with Gasteiger partial charge < -0.3 is 4.57 Å². The number of nitrogens with zero attached hydrogens (tertiary/aromatic N) is 2. The van der Waals surface area contributed by atoms with Crippen LogP contribution in [0.5, 0.6) is 0 Å². The zero-order valence-corrected chi connectivity index (χ0v) is 18.0. The van der Waals surface area contributed by atoms with Gasteiger partial charge in [-0.3, -0.25) is 4.90 Å². The molecule has 2 aromatic carbocycles. The van der Waals surface area contributed by atoms with Gasteiger partial charge in [0.15, 0.2) is 0 Å². The second-order valence-corrected chi connectivity index (χ2v) is 10.1. The van der Waals surface area contributed by atoms with Gasteiger partial charge in [-0.2, -0.15) is 0 Å². The van der Waals surface area contributed by atoms with Crippen molar-refractivity contribution >= 4 is 20.9 Å². The van der Waals surface area contributed by atoms with E-state index in [-0.39, 0.29) is 0 Å². The molecule has 0 saturated carbocycles. The molecule has 1 saturated heterocycles. The molecule has 0 spiro atoms. The molecule has 5 nitrogen and oxygen atoms in total. The molecule has 1 N–H and O–H groups in total. The van der Waals surface area contributed by atoms with Gasteiger partial charge in [-0.05, 0) is 54.1 Å². The zero-order valence-electron chi connectivity index (χ0n) is 17.1. The van der Waals surface area contributed by atoms with Crippen molar-refractivity contribution in [3.05, 3.63) is 71.4 Å². The fourth-order valence-corrected chi connectivity index (χ4v) is 4.81. The maximum atomic E-state index is 11.4. The molecule has 1 aliphatic heterocycles. The number of nitrogens with one attached hydrogen (secondary N) is 1. The lowest BCUT2D eigenvalue weighted by Crippen LogP contribution is -2.21. The Balaban J connectivity index is 1.46. The van der Waals surface area contributed by atoms with E-state index in [4.69, 9.17) is 0 Å². The lowest BCUT2D eigenvalue weighted by atomic mass is 9.97. The van der Waals surface area contributed by atoms with Gasteiger partial charge in [-0.25, -0.2) is 13.1 Å². The van der Waals surface area contributed by atoms with Gasteiger partial charge >= 0.3 is 0 Å². The Kier molecular flexibility index (Phi) is 5.76. The average Bonchev–Trinajstić information content (AvgIpc) is 3.25. The van der Waals surface area contributed by atoms with Crippen molar-refractivity contribution in [2.24, 2.45) is 13.0 Å². The van der Waals surface area contributed by atoms with Crippen LogP contribution in [-0.2, 0) is 36.6 Å². The molecule has 2 heterocycles. The van der Waals surface area contributed by atoms with Crippen molar-refractivity contribution in [3.63, 3.8) is 0 Å². The van der Waals surface area contributed by atoms with Crippen LogP contribution in [-0.4, -0.2) is 37.2 Å². The Morgan fingerprint density at radius 3 is 2.66 bits per heavy atom. The Morgan fingerprint density at radius 2 is 1.90 bits per heavy atom. The summed E-state index contributed by atoms with van der Waals surface area (Å²) in [4.78, 5) is 2.55. The summed E-state index contributed by atoms with van der Waals surface area (Å²) < 4.78 is 27.6. The van der Waals surface area contributed by atoms with E-state index in [0.717, 1.165) is 31.6 Å². The van der Waals surface area contributed by atoms with Gasteiger partial charge in [0, 0.05) is 43.8 Å². The Bertz CT molecular complexity index is 1090. The summed E-state index contributed by atoms with van der Waals surface area (Å²) in [7, 11) is -1.11. The first kappa shape index (κ1) is 20.1. The molecule has 0 aliphatic carbocycles. The number of hydrogen-bond acceptors (Lipinski definition) is 3. The number of aromatic nitrogens is 1. The minimum absolute atomic E-state index is 0.331.